The topological polar surface area (TPSA) is 29.1 Å². The number of nitrogens with one attached hydrogen (secondary N) is 1. The quantitative estimate of drug-likeness (QED) is 0.704. The van der Waals surface area contributed by atoms with Crippen LogP contribution in [0.1, 0.15) is 18.1 Å². The third-order valence-electron chi connectivity index (χ3n) is 3.19. The van der Waals surface area contributed by atoms with E-state index in [9.17, 15) is 4.79 Å². The van der Waals surface area contributed by atoms with E-state index in [1.807, 2.05) is 24.3 Å². The summed E-state index contributed by atoms with van der Waals surface area (Å²) in [6.07, 6.45) is 0.898. The number of carbonyl (C=O) groups is 1. The van der Waals surface area contributed by atoms with Gasteiger partial charge in [0.2, 0.25) is 5.91 Å². The number of halogens is 1. The lowest BCUT2D eigenvalue weighted by Gasteiger charge is -2.08. The van der Waals surface area contributed by atoms with Crippen LogP contribution in [-0.4, -0.2) is 5.91 Å². The van der Waals surface area contributed by atoms with Gasteiger partial charge in [-0.2, -0.15) is 0 Å². The van der Waals surface area contributed by atoms with Gasteiger partial charge in [-0.05, 0) is 40.8 Å². The average molecular weight is 258 g/mol. The summed E-state index contributed by atoms with van der Waals surface area (Å²) >= 11 is 6.20. The fourth-order valence-corrected chi connectivity index (χ4v) is 2.65. The Morgan fingerprint density at radius 1 is 1.17 bits per heavy atom. The molecule has 18 heavy (non-hydrogen) atoms. The first kappa shape index (κ1) is 11.3. The van der Waals surface area contributed by atoms with Crippen molar-refractivity contribution >= 4 is 23.2 Å². The van der Waals surface area contributed by atoms with Crippen LogP contribution < -0.4 is 5.32 Å². The summed E-state index contributed by atoms with van der Waals surface area (Å²) in [4.78, 5) is 11.1. The Kier molecular flexibility index (Phi) is 2.60. The predicted molar refractivity (Wildman–Crippen MR) is 74.0 cm³/mol. The van der Waals surface area contributed by atoms with E-state index >= 15 is 0 Å². The number of hydrogen-bond donors (Lipinski definition) is 1. The normalized spacial score (nSPS) is 11.9. The molecule has 0 heterocycles. The van der Waals surface area contributed by atoms with Crippen molar-refractivity contribution in [2.45, 2.75) is 13.3 Å². The molecule has 0 saturated heterocycles. The number of fused-ring (bicyclic) bond motifs is 3. The maximum absolute atomic E-state index is 11.1. The van der Waals surface area contributed by atoms with E-state index < -0.39 is 0 Å². The zero-order valence-electron chi connectivity index (χ0n) is 9.96. The fraction of sp³-hybridized carbons (Fsp3) is 0.133. The highest BCUT2D eigenvalue weighted by Crippen LogP contribution is 2.40. The number of rotatable bonds is 1. The summed E-state index contributed by atoms with van der Waals surface area (Å²) < 4.78 is 0. The Labute approximate surface area is 111 Å². The maximum atomic E-state index is 11.1. The van der Waals surface area contributed by atoms with Crippen LogP contribution in [-0.2, 0) is 11.2 Å². The molecular formula is C15H12ClNO. The van der Waals surface area contributed by atoms with Crippen molar-refractivity contribution in [2.24, 2.45) is 0 Å². The molecule has 0 saturated carbocycles. The monoisotopic (exact) mass is 257 g/mol. The van der Waals surface area contributed by atoms with E-state index in [1.54, 1.807) is 0 Å². The van der Waals surface area contributed by atoms with Crippen molar-refractivity contribution < 1.29 is 4.79 Å². The lowest BCUT2D eigenvalue weighted by Crippen LogP contribution is -2.06. The Balaban J connectivity index is 2.11. The van der Waals surface area contributed by atoms with Gasteiger partial charge in [0.25, 0.3) is 0 Å². The summed E-state index contributed by atoms with van der Waals surface area (Å²) in [5, 5.41) is 3.34. The second-order valence-electron chi connectivity index (χ2n) is 4.50. The molecular weight excluding hydrogens is 246 g/mol. The minimum absolute atomic E-state index is 0.104. The molecule has 2 aromatic rings. The molecule has 1 aliphatic carbocycles. The van der Waals surface area contributed by atoms with Gasteiger partial charge >= 0.3 is 0 Å². The Bertz CT molecular complexity index is 649. The van der Waals surface area contributed by atoms with Crippen LogP contribution in [0.3, 0.4) is 0 Å². The maximum Gasteiger partial charge on any atom is 0.221 e. The highest BCUT2D eigenvalue weighted by molar-refractivity contribution is 6.34. The van der Waals surface area contributed by atoms with Crippen LogP contribution >= 0.6 is 11.6 Å². The molecule has 3 rings (SSSR count). The second-order valence-corrected chi connectivity index (χ2v) is 4.91. The SMILES string of the molecule is CC(=O)Nc1cc2c(cc1Cl)-c1ccccc1C2. The van der Waals surface area contributed by atoms with Crippen LogP contribution in [0.25, 0.3) is 11.1 Å². The third kappa shape index (κ3) is 1.79. The summed E-state index contributed by atoms with van der Waals surface area (Å²) in [5.41, 5.74) is 5.62. The van der Waals surface area contributed by atoms with Gasteiger partial charge in [0.15, 0.2) is 0 Å². The molecule has 0 bridgehead atoms. The van der Waals surface area contributed by atoms with Crippen molar-refractivity contribution in [2.75, 3.05) is 5.32 Å². The lowest BCUT2D eigenvalue weighted by molar-refractivity contribution is -0.114. The first-order valence-corrected chi connectivity index (χ1v) is 6.21. The van der Waals surface area contributed by atoms with Gasteiger partial charge in [-0.15, -0.1) is 0 Å². The van der Waals surface area contributed by atoms with Gasteiger partial charge in [0.1, 0.15) is 0 Å². The van der Waals surface area contributed by atoms with E-state index in [4.69, 9.17) is 11.6 Å². The number of anilines is 1. The third-order valence-corrected chi connectivity index (χ3v) is 3.50. The zero-order valence-corrected chi connectivity index (χ0v) is 10.7. The van der Waals surface area contributed by atoms with Crippen molar-refractivity contribution in [3.8, 4) is 11.1 Å². The molecule has 0 radical (unpaired) electrons. The van der Waals surface area contributed by atoms with Crippen LogP contribution in [0.4, 0.5) is 5.69 Å². The van der Waals surface area contributed by atoms with Crippen molar-refractivity contribution in [1.82, 2.24) is 0 Å². The van der Waals surface area contributed by atoms with Crippen molar-refractivity contribution in [3.05, 3.63) is 52.5 Å². The molecule has 0 spiro atoms. The molecule has 1 amide bonds. The Hall–Kier alpha value is -1.80. The van der Waals surface area contributed by atoms with Gasteiger partial charge in [-0.25, -0.2) is 0 Å². The van der Waals surface area contributed by atoms with E-state index in [1.165, 1.54) is 29.2 Å². The van der Waals surface area contributed by atoms with E-state index in [0.717, 1.165) is 6.42 Å². The van der Waals surface area contributed by atoms with E-state index in [-0.39, 0.29) is 5.91 Å². The molecule has 3 heteroatoms. The van der Waals surface area contributed by atoms with Gasteiger partial charge in [-0.1, -0.05) is 35.9 Å². The van der Waals surface area contributed by atoms with Crippen LogP contribution in [0.5, 0.6) is 0 Å². The summed E-state index contributed by atoms with van der Waals surface area (Å²) in [6, 6.07) is 12.2. The van der Waals surface area contributed by atoms with Gasteiger partial charge in [-0.3, -0.25) is 4.79 Å². The van der Waals surface area contributed by atoms with Gasteiger partial charge in [0.05, 0.1) is 10.7 Å². The minimum Gasteiger partial charge on any atom is -0.325 e. The number of amides is 1. The molecule has 0 unspecified atom stereocenters. The molecule has 0 aromatic heterocycles. The van der Waals surface area contributed by atoms with Gasteiger partial charge in [0, 0.05) is 6.92 Å². The Morgan fingerprint density at radius 3 is 2.72 bits per heavy atom. The molecule has 1 N–H and O–H groups in total. The van der Waals surface area contributed by atoms with E-state index in [2.05, 4.69) is 17.4 Å². The largest absolute Gasteiger partial charge is 0.325 e. The smallest absolute Gasteiger partial charge is 0.221 e. The lowest BCUT2D eigenvalue weighted by atomic mass is 10.1. The predicted octanol–water partition coefficient (Wildman–Crippen LogP) is 3.87. The first-order chi connectivity index (χ1) is 8.65. The highest BCUT2D eigenvalue weighted by Gasteiger charge is 2.19. The molecule has 2 nitrogen and oxygen atoms in total. The summed E-state index contributed by atoms with van der Waals surface area (Å²) in [7, 11) is 0. The first-order valence-electron chi connectivity index (χ1n) is 5.83. The van der Waals surface area contributed by atoms with Crippen LogP contribution in [0.2, 0.25) is 5.02 Å². The number of hydrogen-bond acceptors (Lipinski definition) is 1. The standard InChI is InChI=1S/C15H12ClNO/c1-9(18)17-15-7-11-6-10-4-2-3-5-12(10)13(11)8-14(15)16/h2-5,7-8H,6H2,1H3,(H,17,18). The minimum atomic E-state index is -0.104. The molecule has 0 aliphatic heterocycles. The zero-order chi connectivity index (χ0) is 12.7. The summed E-state index contributed by atoms with van der Waals surface area (Å²) in [5.74, 6) is -0.104. The fourth-order valence-electron chi connectivity index (χ4n) is 2.44. The molecule has 90 valence electrons. The molecule has 2 aromatic carbocycles. The average Bonchev–Trinajstić information content (AvgIpc) is 2.67. The Morgan fingerprint density at radius 2 is 1.94 bits per heavy atom. The molecule has 0 atom stereocenters. The van der Waals surface area contributed by atoms with Crippen molar-refractivity contribution in [1.29, 1.82) is 0 Å². The number of benzene rings is 2. The summed E-state index contributed by atoms with van der Waals surface area (Å²) in [6.45, 7) is 1.48. The van der Waals surface area contributed by atoms with Crippen molar-refractivity contribution in [3.63, 3.8) is 0 Å². The second kappa shape index (κ2) is 4.14. The molecule has 0 fully saturated rings. The van der Waals surface area contributed by atoms with Gasteiger partial charge < -0.3 is 5.32 Å². The number of carbonyl (C=O) groups excluding carboxylic acids is 1. The molecule has 1 aliphatic rings. The highest BCUT2D eigenvalue weighted by atomic mass is 35.5. The van der Waals surface area contributed by atoms with E-state index in [0.29, 0.717) is 10.7 Å². The van der Waals surface area contributed by atoms with Crippen LogP contribution in [0.15, 0.2) is 36.4 Å². The van der Waals surface area contributed by atoms with Crippen LogP contribution in [0, 0.1) is 0 Å².